The quantitative estimate of drug-likeness (QED) is 0.867. The Morgan fingerprint density at radius 2 is 2.06 bits per heavy atom. The van der Waals surface area contributed by atoms with Crippen molar-refractivity contribution in [2.75, 3.05) is 0 Å². The van der Waals surface area contributed by atoms with Gasteiger partial charge in [0.2, 0.25) is 0 Å². The van der Waals surface area contributed by atoms with Gasteiger partial charge in [0.15, 0.2) is 3.95 Å². The van der Waals surface area contributed by atoms with Crippen molar-refractivity contribution in [2.24, 2.45) is 7.05 Å². The summed E-state index contributed by atoms with van der Waals surface area (Å²) in [6.45, 7) is 0. The summed E-state index contributed by atoms with van der Waals surface area (Å²) < 4.78 is 2.77. The van der Waals surface area contributed by atoms with Crippen LogP contribution >= 0.6 is 23.6 Å². The van der Waals surface area contributed by atoms with Crippen LogP contribution in [0.3, 0.4) is 0 Å². The fourth-order valence-electron chi connectivity index (χ4n) is 1.53. The van der Waals surface area contributed by atoms with Gasteiger partial charge in [0, 0.05) is 24.5 Å². The lowest BCUT2D eigenvalue weighted by Gasteiger charge is -1.99. The second-order valence-corrected chi connectivity index (χ2v) is 5.51. The summed E-state index contributed by atoms with van der Waals surface area (Å²) in [4.78, 5) is 11.9. The van der Waals surface area contributed by atoms with Crippen molar-refractivity contribution in [3.05, 3.63) is 50.4 Å². The average molecular weight is 265 g/mol. The van der Waals surface area contributed by atoms with E-state index in [0.717, 1.165) is 15.9 Å². The second-order valence-electron chi connectivity index (χ2n) is 3.75. The molecule has 0 unspecified atom stereocenters. The molecule has 1 heterocycles. The first-order valence-electron chi connectivity index (χ1n) is 5.04. The van der Waals surface area contributed by atoms with Gasteiger partial charge in [0.05, 0.1) is 5.56 Å². The van der Waals surface area contributed by atoms with Crippen LogP contribution in [0.25, 0.3) is 0 Å². The van der Waals surface area contributed by atoms with Crippen LogP contribution in [0.4, 0.5) is 0 Å². The fraction of sp³-hybridized carbons (Fsp3) is 0.167. The maximum atomic E-state index is 10.7. The van der Waals surface area contributed by atoms with E-state index in [-0.39, 0.29) is 0 Å². The molecule has 1 aromatic heterocycles. The zero-order chi connectivity index (χ0) is 12.4. The molecule has 0 fully saturated rings. The predicted molar refractivity (Wildman–Crippen MR) is 70.3 cm³/mol. The summed E-state index contributed by atoms with van der Waals surface area (Å²) in [5, 5.41) is 8.79. The number of carboxylic acid groups (broad SMARTS) is 1. The molecule has 1 N–H and O–H groups in total. The number of thiazole rings is 1. The van der Waals surface area contributed by atoms with Gasteiger partial charge in [0.25, 0.3) is 0 Å². The van der Waals surface area contributed by atoms with Gasteiger partial charge in [-0.15, -0.1) is 11.3 Å². The van der Waals surface area contributed by atoms with Crippen molar-refractivity contribution in [1.29, 1.82) is 0 Å². The molecule has 88 valence electrons. The van der Waals surface area contributed by atoms with Crippen molar-refractivity contribution in [3.63, 3.8) is 0 Å². The number of hydrogen-bond acceptors (Lipinski definition) is 3. The lowest BCUT2D eigenvalue weighted by Crippen LogP contribution is -1.96. The zero-order valence-electron chi connectivity index (χ0n) is 9.21. The van der Waals surface area contributed by atoms with Gasteiger partial charge in [-0.1, -0.05) is 12.1 Å². The van der Waals surface area contributed by atoms with E-state index in [1.54, 1.807) is 23.5 Å². The topological polar surface area (TPSA) is 42.2 Å². The van der Waals surface area contributed by atoms with Gasteiger partial charge in [-0.05, 0) is 29.9 Å². The molecule has 0 spiro atoms. The smallest absolute Gasteiger partial charge is 0.335 e. The highest BCUT2D eigenvalue weighted by Gasteiger charge is 2.04. The molecule has 1 aromatic carbocycles. The van der Waals surface area contributed by atoms with Gasteiger partial charge in [0.1, 0.15) is 0 Å². The van der Waals surface area contributed by atoms with E-state index in [2.05, 4.69) is 0 Å². The molecule has 0 saturated heterocycles. The van der Waals surface area contributed by atoms with E-state index >= 15 is 0 Å². The van der Waals surface area contributed by atoms with Gasteiger partial charge in [-0.3, -0.25) is 0 Å². The molecule has 2 rings (SSSR count). The third kappa shape index (κ3) is 2.81. The first-order chi connectivity index (χ1) is 8.06. The molecule has 17 heavy (non-hydrogen) atoms. The molecule has 5 heteroatoms. The van der Waals surface area contributed by atoms with E-state index in [4.69, 9.17) is 17.3 Å². The van der Waals surface area contributed by atoms with Crippen LogP contribution in [-0.4, -0.2) is 15.6 Å². The standard InChI is InChI=1S/C12H11NO2S2/c1-13-7-10(17-12(13)16)6-8-2-4-9(5-3-8)11(14)15/h2-5,7H,6H2,1H3,(H,14,15). The van der Waals surface area contributed by atoms with Crippen molar-refractivity contribution in [2.45, 2.75) is 6.42 Å². The summed E-state index contributed by atoms with van der Waals surface area (Å²) in [6.07, 6.45) is 2.80. The predicted octanol–water partition coefficient (Wildman–Crippen LogP) is 3.11. The normalized spacial score (nSPS) is 10.4. The summed E-state index contributed by atoms with van der Waals surface area (Å²) in [5.74, 6) is -0.896. The molecule has 0 bridgehead atoms. The van der Waals surface area contributed by atoms with Crippen LogP contribution in [-0.2, 0) is 13.5 Å². The van der Waals surface area contributed by atoms with Crippen molar-refractivity contribution < 1.29 is 9.90 Å². The summed E-state index contributed by atoms with van der Waals surface area (Å²) >= 11 is 6.73. The SMILES string of the molecule is Cn1cc(Cc2ccc(C(=O)O)cc2)sc1=S. The van der Waals surface area contributed by atoms with Crippen molar-refractivity contribution in [1.82, 2.24) is 4.57 Å². The molecule has 0 aliphatic heterocycles. The molecular formula is C12H11NO2S2. The lowest BCUT2D eigenvalue weighted by molar-refractivity contribution is 0.0697. The number of aromatic nitrogens is 1. The number of carboxylic acids is 1. The largest absolute Gasteiger partial charge is 0.478 e. The van der Waals surface area contributed by atoms with E-state index in [9.17, 15) is 4.79 Å². The van der Waals surface area contributed by atoms with Crippen LogP contribution in [0.5, 0.6) is 0 Å². The Kier molecular flexibility index (Phi) is 3.40. The minimum atomic E-state index is -0.896. The first-order valence-corrected chi connectivity index (χ1v) is 6.26. The highest BCUT2D eigenvalue weighted by molar-refractivity contribution is 7.73. The number of hydrogen-bond donors (Lipinski definition) is 1. The van der Waals surface area contributed by atoms with Crippen LogP contribution in [0.1, 0.15) is 20.8 Å². The first kappa shape index (κ1) is 12.0. The van der Waals surface area contributed by atoms with Crippen molar-refractivity contribution >= 4 is 29.5 Å². The van der Waals surface area contributed by atoms with Gasteiger partial charge in [-0.2, -0.15) is 0 Å². The molecule has 0 radical (unpaired) electrons. The van der Waals surface area contributed by atoms with E-state index in [1.165, 1.54) is 4.88 Å². The van der Waals surface area contributed by atoms with E-state index in [0.29, 0.717) is 5.56 Å². The maximum Gasteiger partial charge on any atom is 0.335 e. The van der Waals surface area contributed by atoms with Crippen LogP contribution in [0.2, 0.25) is 0 Å². The second kappa shape index (κ2) is 4.81. The Balaban J connectivity index is 2.19. The summed E-state index contributed by atoms with van der Waals surface area (Å²) in [7, 11) is 1.93. The minimum absolute atomic E-state index is 0.314. The third-order valence-electron chi connectivity index (χ3n) is 2.42. The number of nitrogens with zero attached hydrogens (tertiary/aromatic N) is 1. The van der Waals surface area contributed by atoms with Crippen molar-refractivity contribution in [3.8, 4) is 0 Å². The Bertz CT molecular complexity index is 596. The molecule has 0 amide bonds. The number of benzene rings is 1. The number of aryl methyl sites for hydroxylation is 1. The van der Waals surface area contributed by atoms with E-state index < -0.39 is 5.97 Å². The maximum absolute atomic E-state index is 10.7. The third-order valence-corrected chi connectivity index (χ3v) is 3.94. The van der Waals surface area contributed by atoms with Crippen LogP contribution in [0, 0.1) is 3.95 Å². The molecule has 0 saturated carbocycles. The Labute approximate surface area is 108 Å². The highest BCUT2D eigenvalue weighted by Crippen LogP contribution is 2.16. The molecule has 0 aliphatic carbocycles. The molecule has 0 aliphatic rings. The van der Waals surface area contributed by atoms with Crippen LogP contribution in [0.15, 0.2) is 30.5 Å². The molecule has 0 atom stereocenters. The summed E-state index contributed by atoms with van der Waals surface area (Å²) in [6, 6.07) is 6.93. The van der Waals surface area contributed by atoms with Gasteiger partial charge < -0.3 is 9.67 Å². The summed E-state index contributed by atoms with van der Waals surface area (Å²) in [5.41, 5.74) is 1.40. The van der Waals surface area contributed by atoms with Gasteiger partial charge in [-0.25, -0.2) is 4.79 Å². The molecule has 3 nitrogen and oxygen atoms in total. The van der Waals surface area contributed by atoms with Crippen LogP contribution < -0.4 is 0 Å². The van der Waals surface area contributed by atoms with Gasteiger partial charge >= 0.3 is 5.97 Å². The monoisotopic (exact) mass is 265 g/mol. The Morgan fingerprint density at radius 1 is 1.41 bits per heavy atom. The highest BCUT2D eigenvalue weighted by atomic mass is 32.1. The van der Waals surface area contributed by atoms with E-state index in [1.807, 2.05) is 29.9 Å². The average Bonchev–Trinajstić information content (AvgIpc) is 2.58. The minimum Gasteiger partial charge on any atom is -0.478 e. The zero-order valence-corrected chi connectivity index (χ0v) is 10.8. The number of rotatable bonds is 3. The Morgan fingerprint density at radius 3 is 2.53 bits per heavy atom. The number of aromatic carboxylic acids is 1. The number of carbonyl (C=O) groups is 1. The fourth-order valence-corrected chi connectivity index (χ4v) is 2.77. The Hall–Kier alpha value is -1.46. The molecule has 2 aromatic rings. The molecular weight excluding hydrogens is 254 g/mol. The lowest BCUT2D eigenvalue weighted by atomic mass is 10.1.